The van der Waals surface area contributed by atoms with Crippen LogP contribution in [0.5, 0.6) is 11.5 Å². The molecule has 6 nitrogen and oxygen atoms in total. The third-order valence-corrected chi connectivity index (χ3v) is 3.11. The van der Waals surface area contributed by atoms with Gasteiger partial charge in [-0.3, -0.25) is 4.79 Å². The predicted octanol–water partition coefficient (Wildman–Crippen LogP) is 2.19. The van der Waals surface area contributed by atoms with Crippen LogP contribution >= 0.6 is 0 Å². The van der Waals surface area contributed by atoms with Gasteiger partial charge in [0.1, 0.15) is 0 Å². The van der Waals surface area contributed by atoms with Gasteiger partial charge in [0.2, 0.25) is 0 Å². The largest absolute Gasteiger partial charge is 0.493 e. The van der Waals surface area contributed by atoms with Gasteiger partial charge in [-0.2, -0.15) is 0 Å². The van der Waals surface area contributed by atoms with Gasteiger partial charge in [-0.25, -0.2) is 0 Å². The second-order valence-electron chi connectivity index (χ2n) is 4.72. The SMILES string of the molecule is CCC(C)NC(=O)COc1ccc(/C(C)=N/O)cc1OC. The van der Waals surface area contributed by atoms with Gasteiger partial charge in [-0.05, 0) is 38.5 Å². The van der Waals surface area contributed by atoms with E-state index >= 15 is 0 Å². The molecule has 0 aliphatic carbocycles. The van der Waals surface area contributed by atoms with E-state index in [1.54, 1.807) is 25.1 Å². The topological polar surface area (TPSA) is 80.2 Å². The summed E-state index contributed by atoms with van der Waals surface area (Å²) in [5.74, 6) is 0.765. The summed E-state index contributed by atoms with van der Waals surface area (Å²) in [4.78, 5) is 11.7. The number of nitrogens with zero attached hydrogens (tertiary/aromatic N) is 1. The summed E-state index contributed by atoms with van der Waals surface area (Å²) >= 11 is 0. The molecule has 0 heterocycles. The molecule has 21 heavy (non-hydrogen) atoms. The van der Waals surface area contributed by atoms with Crippen LogP contribution < -0.4 is 14.8 Å². The molecule has 0 saturated carbocycles. The van der Waals surface area contributed by atoms with Crippen molar-refractivity contribution in [1.82, 2.24) is 5.32 Å². The maximum Gasteiger partial charge on any atom is 0.258 e. The molecular formula is C15H22N2O4. The van der Waals surface area contributed by atoms with E-state index in [-0.39, 0.29) is 18.6 Å². The van der Waals surface area contributed by atoms with Crippen LogP contribution in [0.3, 0.4) is 0 Å². The summed E-state index contributed by atoms with van der Waals surface area (Å²) in [6.07, 6.45) is 0.865. The van der Waals surface area contributed by atoms with Gasteiger partial charge in [-0.15, -0.1) is 0 Å². The van der Waals surface area contributed by atoms with E-state index in [1.807, 2.05) is 13.8 Å². The number of amides is 1. The molecule has 1 amide bonds. The molecule has 1 atom stereocenters. The van der Waals surface area contributed by atoms with Crippen molar-refractivity contribution in [1.29, 1.82) is 0 Å². The molecule has 0 spiro atoms. The highest BCUT2D eigenvalue weighted by Crippen LogP contribution is 2.28. The van der Waals surface area contributed by atoms with E-state index < -0.39 is 0 Å². The number of rotatable bonds is 7. The van der Waals surface area contributed by atoms with E-state index in [1.165, 1.54) is 7.11 Å². The zero-order chi connectivity index (χ0) is 15.8. The Bertz CT molecular complexity index is 514. The van der Waals surface area contributed by atoms with E-state index in [2.05, 4.69) is 10.5 Å². The van der Waals surface area contributed by atoms with Crippen LogP contribution in [0.1, 0.15) is 32.8 Å². The number of carbonyl (C=O) groups is 1. The normalized spacial score (nSPS) is 12.7. The van der Waals surface area contributed by atoms with Crippen molar-refractivity contribution in [2.75, 3.05) is 13.7 Å². The smallest absolute Gasteiger partial charge is 0.258 e. The predicted molar refractivity (Wildman–Crippen MR) is 80.4 cm³/mol. The zero-order valence-corrected chi connectivity index (χ0v) is 12.8. The summed E-state index contributed by atoms with van der Waals surface area (Å²) in [7, 11) is 1.51. The Hall–Kier alpha value is -2.24. The highest BCUT2D eigenvalue weighted by molar-refractivity contribution is 5.98. The Labute approximate surface area is 124 Å². The van der Waals surface area contributed by atoms with Crippen molar-refractivity contribution in [2.24, 2.45) is 5.16 Å². The molecule has 6 heteroatoms. The van der Waals surface area contributed by atoms with Crippen molar-refractivity contribution < 1.29 is 19.5 Å². The number of methoxy groups -OCH3 is 1. The van der Waals surface area contributed by atoms with E-state index in [0.29, 0.717) is 22.8 Å². The maximum absolute atomic E-state index is 11.7. The highest BCUT2D eigenvalue weighted by atomic mass is 16.5. The lowest BCUT2D eigenvalue weighted by molar-refractivity contribution is -0.123. The molecule has 0 aliphatic heterocycles. The van der Waals surface area contributed by atoms with Crippen LogP contribution in [0.25, 0.3) is 0 Å². The van der Waals surface area contributed by atoms with Crippen LogP contribution in [-0.2, 0) is 4.79 Å². The number of oxime groups is 1. The Morgan fingerprint density at radius 2 is 2.14 bits per heavy atom. The third kappa shape index (κ3) is 4.98. The quantitative estimate of drug-likeness (QED) is 0.459. The standard InChI is InChI=1S/C15H22N2O4/c1-5-10(2)16-15(18)9-21-13-7-6-12(11(3)17-19)8-14(13)20-4/h6-8,10,19H,5,9H2,1-4H3,(H,16,18)/b17-11+. The molecule has 1 unspecified atom stereocenters. The minimum Gasteiger partial charge on any atom is -0.493 e. The van der Waals surface area contributed by atoms with Gasteiger partial charge in [0.15, 0.2) is 18.1 Å². The number of hydrogen-bond acceptors (Lipinski definition) is 5. The molecule has 116 valence electrons. The Kier molecular flexibility index (Phi) is 6.52. The average molecular weight is 294 g/mol. The van der Waals surface area contributed by atoms with Crippen molar-refractivity contribution in [3.63, 3.8) is 0 Å². The van der Waals surface area contributed by atoms with Crippen LogP contribution in [0, 0.1) is 0 Å². The van der Waals surface area contributed by atoms with Crippen molar-refractivity contribution >= 4 is 11.6 Å². The third-order valence-electron chi connectivity index (χ3n) is 3.11. The fourth-order valence-electron chi connectivity index (χ4n) is 1.63. The number of hydrogen-bond donors (Lipinski definition) is 2. The zero-order valence-electron chi connectivity index (χ0n) is 12.8. The molecule has 0 saturated heterocycles. The second-order valence-corrected chi connectivity index (χ2v) is 4.72. The molecule has 0 aliphatic rings. The minimum absolute atomic E-state index is 0.0763. The molecule has 0 radical (unpaired) electrons. The highest BCUT2D eigenvalue weighted by Gasteiger charge is 2.11. The first kappa shape index (κ1) is 16.8. The molecular weight excluding hydrogens is 272 g/mol. The molecule has 1 aromatic rings. The minimum atomic E-state index is -0.177. The van der Waals surface area contributed by atoms with Crippen LogP contribution in [0.4, 0.5) is 0 Å². The molecule has 2 N–H and O–H groups in total. The lowest BCUT2D eigenvalue weighted by Gasteiger charge is -2.14. The first-order valence-corrected chi connectivity index (χ1v) is 6.81. The molecule has 1 aromatic carbocycles. The molecule has 0 fully saturated rings. The van der Waals surface area contributed by atoms with Gasteiger partial charge in [0, 0.05) is 11.6 Å². The molecule has 0 aromatic heterocycles. The maximum atomic E-state index is 11.7. The van der Waals surface area contributed by atoms with E-state index in [4.69, 9.17) is 14.7 Å². The molecule has 0 bridgehead atoms. The first-order valence-electron chi connectivity index (χ1n) is 6.81. The van der Waals surface area contributed by atoms with Gasteiger partial charge < -0.3 is 20.0 Å². The van der Waals surface area contributed by atoms with E-state index in [9.17, 15) is 4.79 Å². The fraction of sp³-hybridized carbons (Fsp3) is 0.467. The summed E-state index contributed by atoms with van der Waals surface area (Å²) in [5, 5.41) is 14.7. The van der Waals surface area contributed by atoms with Crippen molar-refractivity contribution in [2.45, 2.75) is 33.2 Å². The number of benzene rings is 1. The first-order chi connectivity index (χ1) is 10.0. The Morgan fingerprint density at radius 3 is 2.71 bits per heavy atom. The van der Waals surface area contributed by atoms with Crippen LogP contribution in [0.2, 0.25) is 0 Å². The monoisotopic (exact) mass is 294 g/mol. The summed E-state index contributed by atoms with van der Waals surface area (Å²) < 4.78 is 10.7. The summed E-state index contributed by atoms with van der Waals surface area (Å²) in [5.41, 5.74) is 1.18. The fourth-order valence-corrected chi connectivity index (χ4v) is 1.63. The van der Waals surface area contributed by atoms with Crippen molar-refractivity contribution in [3.8, 4) is 11.5 Å². The van der Waals surface area contributed by atoms with Crippen LogP contribution in [0.15, 0.2) is 23.4 Å². The van der Waals surface area contributed by atoms with Crippen LogP contribution in [-0.4, -0.2) is 36.6 Å². The van der Waals surface area contributed by atoms with Gasteiger partial charge in [0.25, 0.3) is 5.91 Å². The van der Waals surface area contributed by atoms with Gasteiger partial charge >= 0.3 is 0 Å². The number of carbonyl (C=O) groups excluding carboxylic acids is 1. The summed E-state index contributed by atoms with van der Waals surface area (Å²) in [6, 6.07) is 5.23. The number of ether oxygens (including phenoxy) is 2. The molecule has 1 rings (SSSR count). The van der Waals surface area contributed by atoms with Gasteiger partial charge in [0.05, 0.1) is 12.8 Å². The lowest BCUT2D eigenvalue weighted by atomic mass is 10.1. The Balaban J connectivity index is 2.73. The number of nitrogens with one attached hydrogen (secondary N) is 1. The lowest BCUT2D eigenvalue weighted by Crippen LogP contribution is -2.35. The Morgan fingerprint density at radius 1 is 1.43 bits per heavy atom. The average Bonchev–Trinajstić information content (AvgIpc) is 2.51. The second kappa shape index (κ2) is 8.14. The summed E-state index contributed by atoms with van der Waals surface area (Å²) in [6.45, 7) is 5.53. The van der Waals surface area contributed by atoms with E-state index in [0.717, 1.165) is 6.42 Å². The van der Waals surface area contributed by atoms with Gasteiger partial charge in [-0.1, -0.05) is 12.1 Å². The van der Waals surface area contributed by atoms with Crippen molar-refractivity contribution in [3.05, 3.63) is 23.8 Å².